The quantitative estimate of drug-likeness (QED) is 0.369. The highest BCUT2D eigenvalue weighted by atomic mass is 16.5. The number of esters is 1. The molecule has 0 unspecified atom stereocenters. The third-order valence-electron chi connectivity index (χ3n) is 3.73. The highest BCUT2D eigenvalue weighted by molar-refractivity contribution is 5.94. The third kappa shape index (κ3) is 6.59. The summed E-state index contributed by atoms with van der Waals surface area (Å²) in [5.41, 5.74) is 2.16. The molecule has 5 heteroatoms. The third-order valence-corrected chi connectivity index (χ3v) is 3.73. The van der Waals surface area contributed by atoms with Gasteiger partial charge in [-0.3, -0.25) is 9.59 Å². The normalized spacial score (nSPS) is 10.2. The van der Waals surface area contributed by atoms with E-state index in [2.05, 4.69) is 0 Å². The lowest BCUT2D eigenvalue weighted by atomic mass is 10.1. The van der Waals surface area contributed by atoms with Crippen molar-refractivity contribution in [1.82, 2.24) is 0 Å². The van der Waals surface area contributed by atoms with Gasteiger partial charge in [0.05, 0.1) is 13.7 Å². The first-order valence-electron chi connectivity index (χ1n) is 8.57. The maximum atomic E-state index is 11.3. The van der Waals surface area contributed by atoms with Gasteiger partial charge < -0.3 is 14.2 Å². The summed E-state index contributed by atoms with van der Waals surface area (Å²) in [6.07, 6.45) is 1.25. The Morgan fingerprint density at radius 3 is 2.42 bits per heavy atom. The van der Waals surface area contributed by atoms with Crippen molar-refractivity contribution in [2.24, 2.45) is 0 Å². The molecule has 138 valence electrons. The average molecular weight is 356 g/mol. The lowest BCUT2D eigenvalue weighted by molar-refractivity contribution is -0.145. The van der Waals surface area contributed by atoms with Crippen LogP contribution >= 0.6 is 0 Å². The Morgan fingerprint density at radius 1 is 0.962 bits per heavy atom. The molecule has 0 saturated heterocycles. The van der Waals surface area contributed by atoms with E-state index in [1.165, 1.54) is 6.92 Å². The standard InChI is InChI=1S/C21H24O5/c1-16(22)13-21(23)25-12-6-9-17-10-11-19(20(14-17)24-2)26-15-18-7-4-3-5-8-18/h3-5,7-8,10-11,14H,6,9,12-13,15H2,1-2H3. The van der Waals surface area contributed by atoms with Gasteiger partial charge in [0.25, 0.3) is 0 Å². The molecule has 26 heavy (non-hydrogen) atoms. The summed E-state index contributed by atoms with van der Waals surface area (Å²) in [6.45, 7) is 2.14. The number of rotatable bonds is 10. The van der Waals surface area contributed by atoms with Gasteiger partial charge in [-0.1, -0.05) is 36.4 Å². The second-order valence-electron chi connectivity index (χ2n) is 5.96. The van der Waals surface area contributed by atoms with Crippen LogP contribution in [-0.2, 0) is 27.4 Å². The average Bonchev–Trinajstić information content (AvgIpc) is 2.64. The van der Waals surface area contributed by atoms with Crippen molar-refractivity contribution in [1.29, 1.82) is 0 Å². The van der Waals surface area contributed by atoms with E-state index in [9.17, 15) is 9.59 Å². The first kappa shape index (κ1) is 19.5. The number of hydrogen-bond acceptors (Lipinski definition) is 5. The van der Waals surface area contributed by atoms with Gasteiger partial charge in [0, 0.05) is 0 Å². The molecule has 0 spiro atoms. The lowest BCUT2D eigenvalue weighted by Gasteiger charge is -2.12. The summed E-state index contributed by atoms with van der Waals surface area (Å²) in [5.74, 6) is 0.700. The summed E-state index contributed by atoms with van der Waals surface area (Å²) in [5, 5.41) is 0. The number of carbonyl (C=O) groups excluding carboxylic acids is 2. The van der Waals surface area contributed by atoms with E-state index in [0.717, 1.165) is 17.5 Å². The number of Topliss-reactive ketones (excluding diaryl/α,β-unsaturated/α-hetero) is 1. The van der Waals surface area contributed by atoms with Crippen LogP contribution in [0.15, 0.2) is 48.5 Å². The second kappa shape index (κ2) is 10.2. The Balaban J connectivity index is 1.83. The fourth-order valence-corrected chi connectivity index (χ4v) is 2.44. The Hall–Kier alpha value is -2.82. The summed E-state index contributed by atoms with van der Waals surface area (Å²) in [6, 6.07) is 15.7. The van der Waals surface area contributed by atoms with Crippen molar-refractivity contribution in [2.75, 3.05) is 13.7 Å². The fraction of sp³-hybridized carbons (Fsp3) is 0.333. The number of ketones is 1. The topological polar surface area (TPSA) is 61.8 Å². The van der Waals surface area contributed by atoms with Crippen LogP contribution in [0.4, 0.5) is 0 Å². The first-order chi connectivity index (χ1) is 12.6. The summed E-state index contributed by atoms with van der Waals surface area (Å²) in [7, 11) is 1.61. The molecule has 0 aromatic heterocycles. The minimum Gasteiger partial charge on any atom is -0.493 e. The Kier molecular flexibility index (Phi) is 7.68. The molecular weight excluding hydrogens is 332 g/mol. The van der Waals surface area contributed by atoms with Crippen LogP contribution < -0.4 is 9.47 Å². The van der Waals surface area contributed by atoms with Crippen LogP contribution in [-0.4, -0.2) is 25.5 Å². The van der Waals surface area contributed by atoms with Gasteiger partial charge >= 0.3 is 5.97 Å². The van der Waals surface area contributed by atoms with Gasteiger partial charge in [0.1, 0.15) is 18.8 Å². The minimum absolute atomic E-state index is 0.165. The lowest BCUT2D eigenvalue weighted by Crippen LogP contribution is -2.10. The van der Waals surface area contributed by atoms with Crippen molar-refractivity contribution in [2.45, 2.75) is 32.8 Å². The van der Waals surface area contributed by atoms with Gasteiger partial charge in [-0.05, 0) is 43.0 Å². The van der Waals surface area contributed by atoms with Crippen LogP contribution in [0.1, 0.15) is 30.9 Å². The minimum atomic E-state index is -0.472. The molecule has 0 bridgehead atoms. The van der Waals surface area contributed by atoms with E-state index in [0.29, 0.717) is 31.1 Å². The largest absolute Gasteiger partial charge is 0.493 e. The Bertz CT molecular complexity index is 724. The van der Waals surface area contributed by atoms with E-state index in [1.54, 1.807) is 7.11 Å². The van der Waals surface area contributed by atoms with Crippen LogP contribution in [0.5, 0.6) is 11.5 Å². The summed E-state index contributed by atoms with van der Waals surface area (Å²) < 4.78 is 16.3. The number of hydrogen-bond donors (Lipinski definition) is 0. The predicted molar refractivity (Wildman–Crippen MR) is 98.3 cm³/mol. The number of aryl methyl sites for hydroxylation is 1. The molecule has 2 rings (SSSR count). The van der Waals surface area contributed by atoms with E-state index < -0.39 is 5.97 Å². The maximum absolute atomic E-state index is 11.3. The Morgan fingerprint density at radius 2 is 1.73 bits per heavy atom. The maximum Gasteiger partial charge on any atom is 0.313 e. The molecule has 0 heterocycles. The van der Waals surface area contributed by atoms with Crippen LogP contribution in [0.25, 0.3) is 0 Å². The molecule has 0 radical (unpaired) electrons. The van der Waals surface area contributed by atoms with Gasteiger partial charge in [0.2, 0.25) is 0 Å². The van der Waals surface area contributed by atoms with Crippen molar-refractivity contribution in [3.05, 3.63) is 59.7 Å². The number of benzene rings is 2. The monoisotopic (exact) mass is 356 g/mol. The SMILES string of the molecule is COc1cc(CCCOC(=O)CC(C)=O)ccc1OCc1ccccc1. The molecule has 0 aliphatic rings. The molecule has 0 atom stereocenters. The van der Waals surface area contributed by atoms with Crippen LogP contribution in [0.2, 0.25) is 0 Å². The molecule has 0 N–H and O–H groups in total. The molecule has 5 nitrogen and oxygen atoms in total. The number of ether oxygens (including phenoxy) is 3. The van der Waals surface area contributed by atoms with E-state index >= 15 is 0 Å². The zero-order chi connectivity index (χ0) is 18.8. The number of carbonyl (C=O) groups is 2. The van der Waals surface area contributed by atoms with Crippen molar-refractivity contribution < 1.29 is 23.8 Å². The highest BCUT2D eigenvalue weighted by Crippen LogP contribution is 2.29. The smallest absolute Gasteiger partial charge is 0.313 e. The fourth-order valence-electron chi connectivity index (χ4n) is 2.44. The van der Waals surface area contributed by atoms with Crippen molar-refractivity contribution in [3.63, 3.8) is 0 Å². The molecular formula is C21H24O5. The van der Waals surface area contributed by atoms with Gasteiger partial charge in [-0.25, -0.2) is 0 Å². The molecule has 0 aliphatic heterocycles. The van der Waals surface area contributed by atoms with Crippen LogP contribution in [0, 0.1) is 0 Å². The Labute approximate surface area is 153 Å². The summed E-state index contributed by atoms with van der Waals surface area (Å²) in [4.78, 5) is 22.1. The van der Waals surface area contributed by atoms with E-state index in [-0.39, 0.29) is 12.2 Å². The van der Waals surface area contributed by atoms with Gasteiger partial charge in [-0.15, -0.1) is 0 Å². The summed E-state index contributed by atoms with van der Waals surface area (Å²) >= 11 is 0. The molecule has 0 saturated carbocycles. The molecule has 0 amide bonds. The molecule has 2 aromatic rings. The zero-order valence-corrected chi connectivity index (χ0v) is 15.2. The van der Waals surface area contributed by atoms with Crippen molar-refractivity contribution in [3.8, 4) is 11.5 Å². The van der Waals surface area contributed by atoms with Gasteiger partial charge in [-0.2, -0.15) is 0 Å². The van der Waals surface area contributed by atoms with E-state index in [4.69, 9.17) is 14.2 Å². The van der Waals surface area contributed by atoms with Crippen molar-refractivity contribution >= 4 is 11.8 Å². The van der Waals surface area contributed by atoms with Gasteiger partial charge in [0.15, 0.2) is 11.5 Å². The highest BCUT2D eigenvalue weighted by Gasteiger charge is 2.08. The number of methoxy groups -OCH3 is 1. The first-order valence-corrected chi connectivity index (χ1v) is 8.57. The van der Waals surface area contributed by atoms with E-state index in [1.807, 2.05) is 48.5 Å². The predicted octanol–water partition coefficient (Wildman–Crippen LogP) is 3.73. The van der Waals surface area contributed by atoms with Crippen LogP contribution in [0.3, 0.4) is 0 Å². The molecule has 0 aliphatic carbocycles. The zero-order valence-electron chi connectivity index (χ0n) is 15.2. The second-order valence-corrected chi connectivity index (χ2v) is 5.96. The molecule has 0 fully saturated rings. The molecule has 2 aromatic carbocycles.